The second kappa shape index (κ2) is 7.75. The van der Waals surface area contributed by atoms with Crippen LogP contribution in [0.1, 0.15) is 0 Å². The van der Waals surface area contributed by atoms with Crippen LogP contribution < -0.4 is 4.74 Å². The van der Waals surface area contributed by atoms with Gasteiger partial charge in [-0.25, -0.2) is 4.79 Å². The Morgan fingerprint density at radius 1 is 0.909 bits per heavy atom. The summed E-state index contributed by atoms with van der Waals surface area (Å²) < 4.78 is 9.37. The summed E-state index contributed by atoms with van der Waals surface area (Å²) in [6, 6.07) is 7.70. The average molecular weight is 619 g/mol. The number of benzene rings is 2. The normalized spacial score (nSPS) is 10.4. The molecule has 0 aliphatic rings. The summed E-state index contributed by atoms with van der Waals surface area (Å²) in [4.78, 5) is 11.4. The zero-order valence-electron chi connectivity index (χ0n) is 10.8. The summed E-state index contributed by atoms with van der Waals surface area (Å²) in [5, 5.41) is 0. The molecular weight excluding hydrogens is 612 g/mol. The molecule has 0 saturated carbocycles. The summed E-state index contributed by atoms with van der Waals surface area (Å²) in [6.45, 7) is 3.39. The average Bonchev–Trinajstić information content (AvgIpc) is 2.41. The zero-order chi connectivity index (χ0) is 16.4. The third kappa shape index (κ3) is 4.12. The quantitative estimate of drug-likeness (QED) is 0.206. The van der Waals surface area contributed by atoms with Gasteiger partial charge >= 0.3 is 5.97 Å². The second-order valence-corrected chi connectivity index (χ2v) is 8.47. The van der Waals surface area contributed by atoms with Crippen molar-refractivity contribution in [2.24, 2.45) is 0 Å². The van der Waals surface area contributed by atoms with Gasteiger partial charge in [-0.1, -0.05) is 54.4 Å². The van der Waals surface area contributed by atoms with Gasteiger partial charge in [0.2, 0.25) is 0 Å². The molecule has 0 spiro atoms. The lowest BCUT2D eigenvalue weighted by Crippen LogP contribution is -2.04. The number of rotatable bonds is 3. The maximum absolute atomic E-state index is 11.4. The van der Waals surface area contributed by atoms with E-state index in [0.29, 0.717) is 14.7 Å². The smallest absolute Gasteiger partial charge is 0.335 e. The monoisotopic (exact) mass is 614 g/mol. The largest absolute Gasteiger partial charge is 0.421 e. The standard InChI is InChI=1S/C15H7Br5O2/c1-2-13(21)22-15-11(19)3-7(4-12(15)20)14-9(17)5-8(16)6-10(14)18/h2-6H,1H2. The summed E-state index contributed by atoms with van der Waals surface area (Å²) in [5.74, 6) is -0.0989. The summed E-state index contributed by atoms with van der Waals surface area (Å²) >= 11 is 17.4. The van der Waals surface area contributed by atoms with Gasteiger partial charge in [0, 0.05) is 25.1 Å². The fourth-order valence-electron chi connectivity index (χ4n) is 1.76. The van der Waals surface area contributed by atoms with Crippen LogP contribution in [-0.4, -0.2) is 5.97 Å². The van der Waals surface area contributed by atoms with Crippen molar-refractivity contribution in [2.75, 3.05) is 0 Å². The van der Waals surface area contributed by atoms with Gasteiger partial charge in [0.25, 0.3) is 0 Å². The van der Waals surface area contributed by atoms with Gasteiger partial charge in [-0.2, -0.15) is 0 Å². The van der Waals surface area contributed by atoms with Crippen molar-refractivity contribution in [1.29, 1.82) is 0 Å². The third-order valence-corrected chi connectivity index (χ3v) is 5.55. The van der Waals surface area contributed by atoms with Crippen LogP contribution in [0, 0.1) is 0 Å². The highest BCUT2D eigenvalue weighted by molar-refractivity contribution is 9.12. The van der Waals surface area contributed by atoms with Crippen molar-refractivity contribution in [3.05, 3.63) is 59.3 Å². The molecule has 0 fully saturated rings. The van der Waals surface area contributed by atoms with Crippen molar-refractivity contribution < 1.29 is 9.53 Å². The minimum absolute atomic E-state index is 0.415. The number of esters is 1. The van der Waals surface area contributed by atoms with Gasteiger partial charge in [0.1, 0.15) is 0 Å². The van der Waals surface area contributed by atoms with Crippen LogP contribution in [0.4, 0.5) is 0 Å². The number of halogens is 5. The first-order valence-electron chi connectivity index (χ1n) is 5.81. The van der Waals surface area contributed by atoms with Crippen LogP contribution in [0.3, 0.4) is 0 Å². The Balaban J connectivity index is 2.56. The lowest BCUT2D eigenvalue weighted by atomic mass is 10.1. The fraction of sp³-hybridized carbons (Fsp3) is 0. The molecule has 0 amide bonds. The Morgan fingerprint density at radius 3 is 1.86 bits per heavy atom. The number of ether oxygens (including phenoxy) is 1. The number of hydrogen-bond acceptors (Lipinski definition) is 2. The molecule has 0 radical (unpaired) electrons. The lowest BCUT2D eigenvalue weighted by Gasteiger charge is -2.13. The zero-order valence-corrected chi connectivity index (χ0v) is 18.7. The van der Waals surface area contributed by atoms with Crippen LogP contribution >= 0.6 is 79.6 Å². The van der Waals surface area contributed by atoms with Gasteiger partial charge in [-0.15, -0.1) is 0 Å². The first-order valence-corrected chi connectivity index (χ1v) is 9.78. The van der Waals surface area contributed by atoms with Crippen molar-refractivity contribution >= 4 is 85.6 Å². The molecule has 22 heavy (non-hydrogen) atoms. The van der Waals surface area contributed by atoms with Crippen LogP contribution in [0.5, 0.6) is 5.75 Å². The number of hydrogen-bond donors (Lipinski definition) is 0. The SMILES string of the molecule is C=CC(=O)Oc1c(Br)cc(-c2c(Br)cc(Br)cc2Br)cc1Br. The summed E-state index contributed by atoms with van der Waals surface area (Å²) in [5.41, 5.74) is 1.94. The lowest BCUT2D eigenvalue weighted by molar-refractivity contribution is -0.129. The van der Waals surface area contributed by atoms with Crippen LogP contribution in [0.2, 0.25) is 0 Å². The molecule has 0 unspecified atom stereocenters. The van der Waals surface area contributed by atoms with Gasteiger partial charge in [0.15, 0.2) is 5.75 Å². The van der Waals surface area contributed by atoms with Crippen molar-refractivity contribution in [3.63, 3.8) is 0 Å². The van der Waals surface area contributed by atoms with E-state index in [-0.39, 0.29) is 0 Å². The molecule has 0 N–H and O–H groups in total. The predicted molar refractivity (Wildman–Crippen MR) is 106 cm³/mol. The van der Waals surface area contributed by atoms with Gasteiger partial charge in [-0.05, 0) is 61.7 Å². The van der Waals surface area contributed by atoms with Crippen LogP contribution in [-0.2, 0) is 4.79 Å². The van der Waals surface area contributed by atoms with E-state index in [1.807, 2.05) is 24.3 Å². The van der Waals surface area contributed by atoms with E-state index < -0.39 is 5.97 Å². The Labute approximate surface area is 170 Å². The molecule has 2 rings (SSSR count). The molecule has 0 heterocycles. The molecular formula is C15H7Br5O2. The molecule has 2 nitrogen and oxygen atoms in total. The maximum Gasteiger partial charge on any atom is 0.335 e. The second-order valence-electron chi connectivity index (χ2n) is 4.14. The van der Waals surface area contributed by atoms with E-state index in [4.69, 9.17) is 4.74 Å². The molecule has 114 valence electrons. The molecule has 2 aromatic carbocycles. The molecule has 0 aromatic heterocycles. The Kier molecular flexibility index (Phi) is 6.48. The minimum Gasteiger partial charge on any atom is -0.421 e. The van der Waals surface area contributed by atoms with Gasteiger partial charge in [0.05, 0.1) is 8.95 Å². The Morgan fingerprint density at radius 2 is 1.41 bits per heavy atom. The Bertz CT molecular complexity index is 725. The molecule has 7 heteroatoms. The molecule has 0 atom stereocenters. The van der Waals surface area contributed by atoms with Crippen LogP contribution in [0.15, 0.2) is 59.3 Å². The molecule has 2 aromatic rings. The highest BCUT2D eigenvalue weighted by Gasteiger charge is 2.16. The first kappa shape index (κ1) is 18.4. The molecule has 0 bridgehead atoms. The number of carbonyl (C=O) groups excluding carboxylic acids is 1. The van der Waals surface area contributed by atoms with Gasteiger partial charge < -0.3 is 4.74 Å². The molecule has 0 aliphatic heterocycles. The predicted octanol–water partition coefficient (Wildman–Crippen LogP) is 7.26. The van der Waals surface area contributed by atoms with Crippen molar-refractivity contribution in [3.8, 4) is 16.9 Å². The maximum atomic E-state index is 11.4. The minimum atomic E-state index is -0.514. The highest BCUT2D eigenvalue weighted by atomic mass is 79.9. The molecule has 0 saturated heterocycles. The van der Waals surface area contributed by atoms with Gasteiger partial charge in [-0.3, -0.25) is 0 Å². The molecule has 0 aliphatic carbocycles. The summed E-state index contributed by atoms with van der Waals surface area (Å²) in [7, 11) is 0. The topological polar surface area (TPSA) is 26.3 Å². The third-order valence-electron chi connectivity index (χ3n) is 2.66. The summed E-state index contributed by atoms with van der Waals surface area (Å²) in [6.07, 6.45) is 1.12. The van der Waals surface area contributed by atoms with Crippen molar-refractivity contribution in [2.45, 2.75) is 0 Å². The van der Waals surface area contributed by atoms with E-state index in [1.165, 1.54) is 0 Å². The van der Waals surface area contributed by atoms with Crippen LogP contribution in [0.25, 0.3) is 11.1 Å². The first-order chi connectivity index (χ1) is 10.3. The number of carbonyl (C=O) groups is 1. The fourth-order valence-corrected chi connectivity index (χ4v) is 5.83. The van der Waals surface area contributed by atoms with E-state index in [1.54, 1.807) is 0 Å². The van der Waals surface area contributed by atoms with E-state index >= 15 is 0 Å². The Hall–Kier alpha value is 0.0500. The van der Waals surface area contributed by atoms with E-state index in [2.05, 4.69) is 86.2 Å². The van der Waals surface area contributed by atoms with E-state index in [0.717, 1.165) is 30.6 Å². The van der Waals surface area contributed by atoms with E-state index in [9.17, 15) is 4.79 Å². The highest BCUT2D eigenvalue weighted by Crippen LogP contribution is 2.43. The van der Waals surface area contributed by atoms with Crippen molar-refractivity contribution in [1.82, 2.24) is 0 Å².